The van der Waals surface area contributed by atoms with Gasteiger partial charge in [-0.05, 0) is 31.2 Å². The first-order chi connectivity index (χ1) is 6.02. The Hall–Kier alpha value is -0.480. The van der Waals surface area contributed by atoms with Gasteiger partial charge in [-0.15, -0.1) is 12.3 Å². The van der Waals surface area contributed by atoms with E-state index in [0.717, 1.165) is 19.4 Å². The van der Waals surface area contributed by atoms with Crippen molar-refractivity contribution in [2.45, 2.75) is 52.0 Å². The van der Waals surface area contributed by atoms with E-state index < -0.39 is 0 Å². The molecule has 0 aromatic heterocycles. The Morgan fingerprint density at radius 1 is 1.46 bits per heavy atom. The van der Waals surface area contributed by atoms with Crippen LogP contribution in [0, 0.1) is 17.8 Å². The molecule has 0 spiro atoms. The van der Waals surface area contributed by atoms with Gasteiger partial charge in [0, 0.05) is 12.0 Å². The van der Waals surface area contributed by atoms with Gasteiger partial charge >= 0.3 is 0 Å². The molecule has 1 nitrogen and oxygen atoms in total. The standard InChI is InChI=1S/C12H21N/c1-5-6-8-12(11(2,3)4)9-7-10-13-12/h1,13H,6-10H2,2-4H3. The Balaban J connectivity index is 2.70. The third kappa shape index (κ3) is 2.06. The molecule has 1 aliphatic rings. The first-order valence-electron chi connectivity index (χ1n) is 5.20. The highest BCUT2D eigenvalue weighted by molar-refractivity contribution is 5.03. The summed E-state index contributed by atoms with van der Waals surface area (Å²) >= 11 is 0. The number of hydrogen-bond acceptors (Lipinski definition) is 1. The Bertz CT molecular complexity index is 198. The summed E-state index contributed by atoms with van der Waals surface area (Å²) in [7, 11) is 0. The van der Waals surface area contributed by atoms with E-state index >= 15 is 0 Å². The predicted octanol–water partition coefficient (Wildman–Crippen LogP) is 2.57. The summed E-state index contributed by atoms with van der Waals surface area (Å²) in [6.07, 6.45) is 9.91. The second-order valence-electron chi connectivity index (χ2n) is 5.07. The van der Waals surface area contributed by atoms with Gasteiger partial charge in [0.25, 0.3) is 0 Å². The van der Waals surface area contributed by atoms with Gasteiger partial charge < -0.3 is 5.32 Å². The van der Waals surface area contributed by atoms with Crippen molar-refractivity contribution in [2.75, 3.05) is 6.54 Å². The molecule has 1 N–H and O–H groups in total. The summed E-state index contributed by atoms with van der Waals surface area (Å²) in [5.41, 5.74) is 0.611. The fourth-order valence-electron chi connectivity index (χ4n) is 2.32. The van der Waals surface area contributed by atoms with Gasteiger partial charge in [-0.25, -0.2) is 0 Å². The van der Waals surface area contributed by atoms with Crippen molar-refractivity contribution in [3.63, 3.8) is 0 Å². The maximum absolute atomic E-state index is 5.33. The summed E-state index contributed by atoms with van der Waals surface area (Å²) < 4.78 is 0. The van der Waals surface area contributed by atoms with Crippen LogP contribution in [0.1, 0.15) is 46.5 Å². The number of rotatable bonds is 2. The lowest BCUT2D eigenvalue weighted by Crippen LogP contribution is -2.50. The maximum atomic E-state index is 5.33. The molecule has 0 saturated carbocycles. The van der Waals surface area contributed by atoms with Crippen LogP contribution >= 0.6 is 0 Å². The molecule has 0 aromatic carbocycles. The van der Waals surface area contributed by atoms with E-state index in [-0.39, 0.29) is 0 Å². The Morgan fingerprint density at radius 2 is 2.15 bits per heavy atom. The van der Waals surface area contributed by atoms with Crippen LogP contribution in [-0.4, -0.2) is 12.1 Å². The van der Waals surface area contributed by atoms with Crippen molar-refractivity contribution in [3.05, 3.63) is 0 Å². The first kappa shape index (κ1) is 10.6. The number of terminal acetylenes is 1. The average molecular weight is 179 g/mol. The molecule has 0 aromatic rings. The molecule has 74 valence electrons. The lowest BCUT2D eigenvalue weighted by atomic mass is 9.70. The van der Waals surface area contributed by atoms with Gasteiger partial charge in [-0.2, -0.15) is 0 Å². The van der Waals surface area contributed by atoms with Gasteiger partial charge in [0.15, 0.2) is 0 Å². The lowest BCUT2D eigenvalue weighted by molar-refractivity contribution is 0.150. The molecule has 13 heavy (non-hydrogen) atoms. The van der Waals surface area contributed by atoms with E-state index in [9.17, 15) is 0 Å². The van der Waals surface area contributed by atoms with Gasteiger partial charge in [-0.3, -0.25) is 0 Å². The fraction of sp³-hybridized carbons (Fsp3) is 0.833. The minimum atomic E-state index is 0.291. The van der Waals surface area contributed by atoms with E-state index in [0.29, 0.717) is 11.0 Å². The number of nitrogens with one attached hydrogen (secondary N) is 1. The SMILES string of the molecule is C#CCCC1(C(C)(C)C)CCCN1. The highest BCUT2D eigenvalue weighted by Gasteiger charge is 2.42. The van der Waals surface area contributed by atoms with Crippen LogP contribution in [-0.2, 0) is 0 Å². The van der Waals surface area contributed by atoms with E-state index in [4.69, 9.17) is 6.42 Å². The van der Waals surface area contributed by atoms with Crippen molar-refractivity contribution in [3.8, 4) is 12.3 Å². The molecule has 1 atom stereocenters. The van der Waals surface area contributed by atoms with Crippen LogP contribution in [0.3, 0.4) is 0 Å². The molecule has 0 bridgehead atoms. The summed E-state index contributed by atoms with van der Waals surface area (Å²) in [4.78, 5) is 0. The average Bonchev–Trinajstić information content (AvgIpc) is 2.48. The fourth-order valence-corrected chi connectivity index (χ4v) is 2.32. The quantitative estimate of drug-likeness (QED) is 0.642. The second kappa shape index (κ2) is 3.72. The van der Waals surface area contributed by atoms with Crippen molar-refractivity contribution < 1.29 is 0 Å². The molecule has 0 radical (unpaired) electrons. The molecule has 1 fully saturated rings. The molecule has 0 aliphatic carbocycles. The molecular weight excluding hydrogens is 158 g/mol. The van der Waals surface area contributed by atoms with Crippen molar-refractivity contribution in [2.24, 2.45) is 5.41 Å². The van der Waals surface area contributed by atoms with Crippen LogP contribution in [0.25, 0.3) is 0 Å². The largest absolute Gasteiger partial charge is 0.311 e. The highest BCUT2D eigenvalue weighted by atomic mass is 15.0. The van der Waals surface area contributed by atoms with Gasteiger partial charge in [-0.1, -0.05) is 20.8 Å². The van der Waals surface area contributed by atoms with Crippen LogP contribution in [0.4, 0.5) is 0 Å². The molecule has 1 unspecified atom stereocenters. The summed E-state index contributed by atoms with van der Waals surface area (Å²) in [5.74, 6) is 2.75. The zero-order chi connectivity index (χ0) is 9.95. The second-order valence-corrected chi connectivity index (χ2v) is 5.07. The molecule has 1 saturated heterocycles. The Labute approximate surface area is 82.3 Å². The maximum Gasteiger partial charge on any atom is 0.0239 e. The zero-order valence-electron chi connectivity index (χ0n) is 9.11. The number of hydrogen-bond donors (Lipinski definition) is 1. The van der Waals surface area contributed by atoms with E-state index in [1.807, 2.05) is 0 Å². The van der Waals surface area contributed by atoms with E-state index in [1.54, 1.807) is 0 Å². The first-order valence-corrected chi connectivity index (χ1v) is 5.20. The third-order valence-corrected chi connectivity index (χ3v) is 3.38. The zero-order valence-corrected chi connectivity index (χ0v) is 9.11. The lowest BCUT2D eigenvalue weighted by Gasteiger charge is -2.42. The predicted molar refractivity (Wildman–Crippen MR) is 57.5 cm³/mol. The van der Waals surface area contributed by atoms with E-state index in [2.05, 4.69) is 32.0 Å². The van der Waals surface area contributed by atoms with Crippen LogP contribution < -0.4 is 5.32 Å². The third-order valence-electron chi connectivity index (χ3n) is 3.38. The normalized spacial score (nSPS) is 28.8. The van der Waals surface area contributed by atoms with Crippen molar-refractivity contribution in [1.82, 2.24) is 5.32 Å². The molecular formula is C12H21N. The van der Waals surface area contributed by atoms with Gasteiger partial charge in [0.2, 0.25) is 0 Å². The Kier molecular flexibility index (Phi) is 3.03. The Morgan fingerprint density at radius 3 is 2.54 bits per heavy atom. The summed E-state index contributed by atoms with van der Waals surface area (Å²) in [5, 5.41) is 3.65. The molecule has 1 rings (SSSR count). The highest BCUT2D eigenvalue weighted by Crippen LogP contribution is 2.40. The monoisotopic (exact) mass is 179 g/mol. The minimum Gasteiger partial charge on any atom is -0.311 e. The van der Waals surface area contributed by atoms with Crippen molar-refractivity contribution >= 4 is 0 Å². The minimum absolute atomic E-state index is 0.291. The van der Waals surface area contributed by atoms with Crippen LogP contribution in [0.15, 0.2) is 0 Å². The topological polar surface area (TPSA) is 12.0 Å². The molecule has 1 heteroatoms. The van der Waals surface area contributed by atoms with Crippen LogP contribution in [0.5, 0.6) is 0 Å². The molecule has 0 amide bonds. The van der Waals surface area contributed by atoms with Crippen LogP contribution in [0.2, 0.25) is 0 Å². The summed E-state index contributed by atoms with van der Waals surface area (Å²) in [6.45, 7) is 8.08. The smallest absolute Gasteiger partial charge is 0.0239 e. The van der Waals surface area contributed by atoms with Gasteiger partial charge in [0.05, 0.1) is 0 Å². The molecule has 1 heterocycles. The van der Waals surface area contributed by atoms with Crippen molar-refractivity contribution in [1.29, 1.82) is 0 Å². The van der Waals surface area contributed by atoms with E-state index in [1.165, 1.54) is 12.8 Å². The summed E-state index contributed by atoms with van der Waals surface area (Å²) in [6, 6.07) is 0. The van der Waals surface area contributed by atoms with Gasteiger partial charge in [0.1, 0.15) is 0 Å². The molecule has 1 aliphatic heterocycles.